The number of hydrogen-bond acceptors (Lipinski definition) is 3. The molecule has 3 amide bonds. The monoisotopic (exact) mass is 490 g/mol. The van der Waals surface area contributed by atoms with Crippen LogP contribution in [0.2, 0.25) is 15.1 Å². The van der Waals surface area contributed by atoms with Crippen LogP contribution in [0.25, 0.3) is 6.08 Å². The van der Waals surface area contributed by atoms with Gasteiger partial charge in [-0.25, -0.2) is 14.1 Å². The Kier molecular flexibility index (Phi) is 6.37. The number of anilines is 1. The second-order valence-electron chi connectivity index (χ2n) is 6.84. The number of carbonyl (C=O) groups is 2. The first-order valence-electron chi connectivity index (χ1n) is 9.31. The summed E-state index contributed by atoms with van der Waals surface area (Å²) in [4.78, 5) is 26.1. The van der Waals surface area contributed by atoms with E-state index in [0.29, 0.717) is 21.8 Å². The van der Waals surface area contributed by atoms with Crippen LogP contribution in [-0.4, -0.2) is 11.9 Å². The number of ether oxygens (including phenoxy) is 1. The Bertz CT molecular complexity index is 1220. The molecule has 1 heterocycles. The Labute approximate surface area is 197 Å². The van der Waals surface area contributed by atoms with Crippen molar-refractivity contribution in [2.45, 2.75) is 6.61 Å². The summed E-state index contributed by atoms with van der Waals surface area (Å²) < 4.78 is 19.0. The van der Waals surface area contributed by atoms with Crippen molar-refractivity contribution in [3.63, 3.8) is 0 Å². The molecule has 32 heavy (non-hydrogen) atoms. The second-order valence-corrected chi connectivity index (χ2v) is 8.09. The zero-order valence-corrected chi connectivity index (χ0v) is 18.5. The van der Waals surface area contributed by atoms with E-state index in [4.69, 9.17) is 39.5 Å². The highest BCUT2D eigenvalue weighted by molar-refractivity contribution is 6.37. The molecule has 0 atom stereocenters. The number of rotatable bonds is 5. The first-order valence-corrected chi connectivity index (χ1v) is 10.4. The number of imide groups is 1. The minimum atomic E-state index is -0.587. The summed E-state index contributed by atoms with van der Waals surface area (Å²) in [5.74, 6) is -0.679. The Morgan fingerprint density at radius 2 is 1.66 bits per heavy atom. The number of halogens is 4. The van der Waals surface area contributed by atoms with E-state index in [1.807, 2.05) is 0 Å². The Hall–Kier alpha value is -3.06. The molecule has 1 N–H and O–H groups in total. The maximum atomic E-state index is 13.3. The Balaban J connectivity index is 1.54. The summed E-state index contributed by atoms with van der Waals surface area (Å²) in [6.45, 7) is 0.0717. The third kappa shape index (κ3) is 4.72. The van der Waals surface area contributed by atoms with Crippen LogP contribution in [0.15, 0.2) is 66.4 Å². The Morgan fingerprint density at radius 3 is 2.31 bits per heavy atom. The van der Waals surface area contributed by atoms with Gasteiger partial charge in [0.1, 0.15) is 18.1 Å². The van der Waals surface area contributed by atoms with E-state index in [9.17, 15) is 14.0 Å². The van der Waals surface area contributed by atoms with Crippen molar-refractivity contribution in [1.82, 2.24) is 5.32 Å². The van der Waals surface area contributed by atoms with Crippen LogP contribution >= 0.6 is 34.8 Å². The van der Waals surface area contributed by atoms with Crippen LogP contribution in [0.1, 0.15) is 11.1 Å². The largest absolute Gasteiger partial charge is 0.486 e. The highest BCUT2D eigenvalue weighted by Gasteiger charge is 2.34. The zero-order chi connectivity index (χ0) is 22.8. The highest BCUT2D eigenvalue weighted by Crippen LogP contribution is 2.36. The van der Waals surface area contributed by atoms with Crippen LogP contribution < -0.4 is 15.0 Å². The maximum Gasteiger partial charge on any atom is 0.333 e. The lowest BCUT2D eigenvalue weighted by Gasteiger charge is -2.12. The fourth-order valence-electron chi connectivity index (χ4n) is 3.11. The number of nitrogens with zero attached hydrogens (tertiary/aromatic N) is 1. The molecule has 1 fully saturated rings. The molecule has 5 nitrogen and oxygen atoms in total. The van der Waals surface area contributed by atoms with Crippen molar-refractivity contribution in [3.8, 4) is 5.75 Å². The minimum Gasteiger partial charge on any atom is -0.486 e. The quantitative estimate of drug-likeness (QED) is 0.329. The van der Waals surface area contributed by atoms with Gasteiger partial charge in [0.15, 0.2) is 5.75 Å². The van der Waals surface area contributed by atoms with E-state index in [1.165, 1.54) is 18.2 Å². The summed E-state index contributed by atoms with van der Waals surface area (Å²) in [6.07, 6.45) is 1.46. The SMILES string of the molecule is O=C1N/C(=C/c2cc(Cl)c(OCc3cccc(F)c3)c(Cl)c2)C(=O)N1c1ccc(Cl)cc1. The third-order valence-corrected chi connectivity index (χ3v) is 5.38. The molecule has 0 aromatic heterocycles. The minimum absolute atomic E-state index is 0.0607. The van der Waals surface area contributed by atoms with E-state index in [1.54, 1.807) is 48.5 Å². The van der Waals surface area contributed by atoms with Crippen LogP contribution in [0.4, 0.5) is 14.9 Å². The lowest BCUT2D eigenvalue weighted by atomic mass is 10.1. The first-order chi connectivity index (χ1) is 15.3. The van der Waals surface area contributed by atoms with Crippen LogP contribution in [0, 0.1) is 5.82 Å². The molecule has 3 aromatic carbocycles. The average molecular weight is 492 g/mol. The van der Waals surface area contributed by atoms with Gasteiger partial charge in [-0.2, -0.15) is 0 Å². The molecule has 0 radical (unpaired) electrons. The van der Waals surface area contributed by atoms with Gasteiger partial charge in [-0.05, 0) is 65.7 Å². The van der Waals surface area contributed by atoms with Crippen molar-refractivity contribution in [2.75, 3.05) is 4.90 Å². The van der Waals surface area contributed by atoms with Gasteiger partial charge in [0.05, 0.1) is 15.7 Å². The molecule has 9 heteroatoms. The van der Waals surface area contributed by atoms with Crippen LogP contribution in [-0.2, 0) is 11.4 Å². The summed E-state index contributed by atoms with van der Waals surface area (Å²) in [5, 5.41) is 3.42. The summed E-state index contributed by atoms with van der Waals surface area (Å²) in [7, 11) is 0. The van der Waals surface area contributed by atoms with E-state index in [0.717, 1.165) is 4.90 Å². The van der Waals surface area contributed by atoms with E-state index in [2.05, 4.69) is 5.32 Å². The molecule has 4 rings (SSSR count). The van der Waals surface area contributed by atoms with Gasteiger partial charge in [-0.3, -0.25) is 4.79 Å². The normalized spacial score (nSPS) is 14.8. The number of urea groups is 1. The number of benzene rings is 3. The van der Waals surface area contributed by atoms with Gasteiger partial charge in [0, 0.05) is 5.02 Å². The van der Waals surface area contributed by atoms with Crippen molar-refractivity contribution < 1.29 is 18.7 Å². The molecule has 0 spiro atoms. The van der Waals surface area contributed by atoms with Gasteiger partial charge >= 0.3 is 6.03 Å². The molecule has 162 valence electrons. The van der Waals surface area contributed by atoms with Gasteiger partial charge in [0.2, 0.25) is 0 Å². The molecule has 3 aromatic rings. The topological polar surface area (TPSA) is 58.6 Å². The van der Waals surface area contributed by atoms with Gasteiger partial charge in [0.25, 0.3) is 5.91 Å². The number of nitrogens with one attached hydrogen (secondary N) is 1. The fourth-order valence-corrected chi connectivity index (χ4v) is 3.85. The second kappa shape index (κ2) is 9.20. The lowest BCUT2D eigenvalue weighted by Crippen LogP contribution is -2.30. The van der Waals surface area contributed by atoms with E-state index in [-0.39, 0.29) is 33.9 Å². The van der Waals surface area contributed by atoms with E-state index < -0.39 is 11.9 Å². The lowest BCUT2D eigenvalue weighted by molar-refractivity contribution is -0.113. The molecule has 0 bridgehead atoms. The fraction of sp³-hybridized carbons (Fsp3) is 0.0435. The summed E-state index contributed by atoms with van der Waals surface area (Å²) in [6, 6.07) is 14.8. The molecule has 0 saturated carbocycles. The standard InChI is InChI=1S/C23H14Cl3FN2O3/c24-15-4-6-17(7-5-15)29-22(30)20(28-23(29)31)11-14-9-18(25)21(19(26)10-14)32-12-13-2-1-3-16(27)8-13/h1-11H,12H2,(H,28,31)/b20-11+. The highest BCUT2D eigenvalue weighted by atomic mass is 35.5. The van der Waals surface area contributed by atoms with Crippen molar-refractivity contribution in [1.29, 1.82) is 0 Å². The number of amides is 3. The average Bonchev–Trinajstić information content (AvgIpc) is 3.01. The van der Waals surface area contributed by atoms with Crippen molar-refractivity contribution in [2.24, 2.45) is 0 Å². The summed E-state index contributed by atoms with van der Waals surface area (Å²) >= 11 is 18.5. The Morgan fingerprint density at radius 1 is 0.969 bits per heavy atom. The van der Waals surface area contributed by atoms with Crippen LogP contribution in [0.3, 0.4) is 0 Å². The molecular weight excluding hydrogens is 478 g/mol. The first kappa shape index (κ1) is 22.1. The predicted octanol–water partition coefficient (Wildman–Crippen LogP) is 6.46. The molecule has 0 aliphatic carbocycles. The van der Waals surface area contributed by atoms with Crippen molar-refractivity contribution in [3.05, 3.63) is 98.4 Å². The molecule has 1 aliphatic heterocycles. The zero-order valence-electron chi connectivity index (χ0n) is 16.2. The number of carbonyl (C=O) groups excluding carboxylic acids is 2. The smallest absolute Gasteiger partial charge is 0.333 e. The summed E-state index contributed by atoms with van der Waals surface area (Å²) in [5.41, 5.74) is 1.55. The van der Waals surface area contributed by atoms with Crippen LogP contribution in [0.5, 0.6) is 5.75 Å². The maximum absolute atomic E-state index is 13.3. The molecule has 0 unspecified atom stereocenters. The number of hydrogen-bond donors (Lipinski definition) is 1. The van der Waals surface area contributed by atoms with E-state index >= 15 is 0 Å². The van der Waals surface area contributed by atoms with Gasteiger partial charge in [-0.15, -0.1) is 0 Å². The predicted molar refractivity (Wildman–Crippen MR) is 123 cm³/mol. The third-order valence-electron chi connectivity index (χ3n) is 4.57. The molecular formula is C23H14Cl3FN2O3. The molecule has 1 aliphatic rings. The van der Waals surface area contributed by atoms with Gasteiger partial charge in [-0.1, -0.05) is 46.9 Å². The van der Waals surface area contributed by atoms with Crippen molar-refractivity contribution >= 4 is 58.5 Å². The van der Waals surface area contributed by atoms with Gasteiger partial charge < -0.3 is 10.1 Å². The molecule has 1 saturated heterocycles.